The maximum Gasteiger partial charge on any atom is 0.435 e. The largest absolute Gasteiger partial charge is 0.481 e. The number of carboxylic acids is 1. The van der Waals surface area contributed by atoms with Crippen LogP contribution in [-0.4, -0.2) is 60.9 Å². The van der Waals surface area contributed by atoms with Crippen LogP contribution in [0, 0.1) is 5.92 Å². The topological polar surface area (TPSA) is 91.8 Å². The summed E-state index contributed by atoms with van der Waals surface area (Å²) in [7, 11) is -4.55. The van der Waals surface area contributed by atoms with Crippen molar-refractivity contribution >= 4 is 21.7 Å². The molecule has 0 spiro atoms. The van der Waals surface area contributed by atoms with Gasteiger partial charge in [0, 0.05) is 12.1 Å². The second-order valence-electron chi connectivity index (χ2n) is 11.6. The molecule has 2 aromatic rings. The van der Waals surface area contributed by atoms with E-state index in [0.29, 0.717) is 6.07 Å². The molecule has 1 amide bonds. The van der Waals surface area contributed by atoms with Crippen molar-refractivity contribution in [3.63, 3.8) is 0 Å². The molecule has 1 saturated carbocycles. The summed E-state index contributed by atoms with van der Waals surface area (Å²) in [5, 5.41) is 9.26. The Balaban J connectivity index is 1.63. The molecule has 15 heteroatoms. The highest BCUT2D eigenvalue weighted by Gasteiger charge is 2.74. The van der Waals surface area contributed by atoms with Crippen molar-refractivity contribution in [3.05, 3.63) is 65.2 Å². The van der Waals surface area contributed by atoms with Crippen molar-refractivity contribution in [1.82, 2.24) is 4.90 Å². The van der Waals surface area contributed by atoms with Gasteiger partial charge in [0.2, 0.25) is 0 Å². The fourth-order valence-electron chi connectivity index (χ4n) is 7.08. The molecular weight excluding hydrogens is 626 g/mol. The molecule has 2 aliphatic carbocycles. The lowest BCUT2D eigenvalue weighted by molar-refractivity contribution is -0.348. The number of carbonyl (C=O) groups excluding carboxylic acids is 1. The molecule has 1 aliphatic heterocycles. The SMILES string of the molecule is O=C(O)C1CCC(F)(C(=O)N2CC[C@]3(S(=O)(=O)c4ccccc4)c4ccc(C(F)(C(F)(F)F)C(F)(F)F)cc4CC[C@H]23)CC1. The second-order valence-corrected chi connectivity index (χ2v) is 13.8. The molecular formula is C29H27F8NO5S. The third-order valence-corrected chi connectivity index (χ3v) is 11.9. The quantitative estimate of drug-likeness (QED) is 0.390. The molecule has 6 nitrogen and oxygen atoms in total. The van der Waals surface area contributed by atoms with Gasteiger partial charge in [0.25, 0.3) is 5.91 Å². The molecule has 5 rings (SSSR count). The van der Waals surface area contributed by atoms with E-state index >= 15 is 4.39 Å². The van der Waals surface area contributed by atoms with Gasteiger partial charge in [-0.2, -0.15) is 26.3 Å². The van der Waals surface area contributed by atoms with Gasteiger partial charge in [0.05, 0.1) is 16.9 Å². The van der Waals surface area contributed by atoms with Crippen LogP contribution in [0.5, 0.6) is 0 Å². The van der Waals surface area contributed by atoms with Crippen LogP contribution in [0.4, 0.5) is 35.1 Å². The fraction of sp³-hybridized carbons (Fsp3) is 0.517. The Labute approximate surface area is 247 Å². The number of amides is 1. The number of hydrogen-bond donors (Lipinski definition) is 1. The molecule has 1 saturated heterocycles. The minimum Gasteiger partial charge on any atom is -0.481 e. The van der Waals surface area contributed by atoms with Crippen LogP contribution in [0.25, 0.3) is 0 Å². The average molecular weight is 654 g/mol. The Kier molecular flexibility index (Phi) is 7.61. The fourth-order valence-corrected chi connectivity index (χ4v) is 9.46. The summed E-state index contributed by atoms with van der Waals surface area (Å²) in [6.45, 7) is -0.303. The molecule has 2 atom stereocenters. The van der Waals surface area contributed by atoms with Crippen LogP contribution in [0.15, 0.2) is 53.4 Å². The molecule has 3 aliphatic rings. The monoisotopic (exact) mass is 653 g/mol. The summed E-state index contributed by atoms with van der Waals surface area (Å²) >= 11 is 0. The number of hydrogen-bond acceptors (Lipinski definition) is 4. The number of aliphatic carboxylic acids is 1. The minimum atomic E-state index is -6.38. The van der Waals surface area contributed by atoms with Crippen LogP contribution in [-0.2, 0) is 36.3 Å². The second kappa shape index (κ2) is 10.4. The molecule has 2 fully saturated rings. The van der Waals surface area contributed by atoms with E-state index in [1.807, 2.05) is 0 Å². The van der Waals surface area contributed by atoms with E-state index in [1.54, 1.807) is 0 Å². The maximum atomic E-state index is 16.1. The highest BCUT2D eigenvalue weighted by atomic mass is 32.2. The Morgan fingerprint density at radius 2 is 1.45 bits per heavy atom. The van der Waals surface area contributed by atoms with Crippen LogP contribution in [0.1, 0.15) is 55.2 Å². The normalized spacial score (nSPS) is 27.9. The zero-order chi connectivity index (χ0) is 32.5. The van der Waals surface area contributed by atoms with Crippen LogP contribution < -0.4 is 0 Å². The van der Waals surface area contributed by atoms with E-state index in [1.165, 1.54) is 30.3 Å². The van der Waals surface area contributed by atoms with Gasteiger partial charge in [-0.1, -0.05) is 36.4 Å². The Morgan fingerprint density at radius 3 is 2.00 bits per heavy atom. The van der Waals surface area contributed by atoms with Gasteiger partial charge in [-0.15, -0.1) is 0 Å². The van der Waals surface area contributed by atoms with E-state index in [0.717, 1.165) is 11.0 Å². The molecule has 0 radical (unpaired) electrons. The van der Waals surface area contributed by atoms with Crippen molar-refractivity contribution < 1.29 is 58.2 Å². The van der Waals surface area contributed by atoms with Crippen molar-refractivity contribution in [3.8, 4) is 0 Å². The summed E-state index contributed by atoms with van der Waals surface area (Å²) in [5.74, 6) is -3.03. The first kappa shape index (κ1) is 32.2. The van der Waals surface area contributed by atoms with Crippen molar-refractivity contribution in [2.45, 2.75) is 84.3 Å². The van der Waals surface area contributed by atoms with Crippen LogP contribution in [0.3, 0.4) is 0 Å². The first-order valence-electron chi connectivity index (χ1n) is 13.8. The van der Waals surface area contributed by atoms with Crippen molar-refractivity contribution in [1.29, 1.82) is 0 Å². The average Bonchev–Trinajstić information content (AvgIpc) is 3.37. The number of rotatable bonds is 5. The van der Waals surface area contributed by atoms with Crippen molar-refractivity contribution in [2.24, 2.45) is 5.92 Å². The van der Waals surface area contributed by atoms with Crippen LogP contribution in [0.2, 0.25) is 0 Å². The van der Waals surface area contributed by atoms with E-state index in [2.05, 4.69) is 0 Å². The zero-order valence-electron chi connectivity index (χ0n) is 22.9. The molecule has 1 N–H and O–H groups in total. The van der Waals surface area contributed by atoms with Crippen LogP contribution >= 0.6 is 0 Å². The summed E-state index contributed by atoms with van der Waals surface area (Å²) < 4.78 is 139. The number of alkyl halides is 8. The first-order valence-corrected chi connectivity index (χ1v) is 15.3. The Bertz CT molecular complexity index is 1550. The summed E-state index contributed by atoms with van der Waals surface area (Å²) in [5.41, 5.74) is -10.4. The number of fused-ring (bicyclic) bond motifs is 3. The first-order chi connectivity index (χ1) is 20.3. The molecule has 0 unspecified atom stereocenters. The van der Waals surface area contributed by atoms with E-state index in [4.69, 9.17) is 0 Å². The molecule has 0 bridgehead atoms. The number of likely N-dealkylation sites (tertiary alicyclic amines) is 1. The van der Waals surface area contributed by atoms with Crippen molar-refractivity contribution in [2.75, 3.05) is 6.54 Å². The predicted molar refractivity (Wildman–Crippen MR) is 139 cm³/mol. The highest BCUT2D eigenvalue weighted by molar-refractivity contribution is 7.92. The lowest BCUT2D eigenvalue weighted by atomic mass is 9.76. The number of carboxylic acid groups (broad SMARTS) is 1. The molecule has 44 heavy (non-hydrogen) atoms. The molecule has 0 aromatic heterocycles. The summed E-state index contributed by atoms with van der Waals surface area (Å²) in [6.07, 6.45) is -14.8. The lowest BCUT2D eigenvalue weighted by Gasteiger charge is -2.44. The number of nitrogens with zero attached hydrogens (tertiary/aromatic N) is 1. The number of benzene rings is 2. The van der Waals surface area contributed by atoms with Gasteiger partial charge in [0.15, 0.2) is 15.5 Å². The van der Waals surface area contributed by atoms with Gasteiger partial charge in [0.1, 0.15) is 4.75 Å². The summed E-state index contributed by atoms with van der Waals surface area (Å²) in [4.78, 5) is 25.9. The van der Waals surface area contributed by atoms with Gasteiger partial charge in [-0.05, 0) is 68.2 Å². The third-order valence-electron chi connectivity index (χ3n) is 9.37. The third kappa shape index (κ3) is 4.59. The van der Waals surface area contributed by atoms with E-state index < -0.39 is 80.5 Å². The van der Waals surface area contributed by atoms with Gasteiger partial charge < -0.3 is 10.0 Å². The molecule has 1 heterocycles. The van der Waals surface area contributed by atoms with E-state index in [9.17, 15) is 53.8 Å². The van der Waals surface area contributed by atoms with Gasteiger partial charge in [-0.3, -0.25) is 9.59 Å². The van der Waals surface area contributed by atoms with Gasteiger partial charge >= 0.3 is 24.0 Å². The Hall–Kier alpha value is -3.23. The maximum absolute atomic E-state index is 16.1. The number of carbonyl (C=O) groups is 2. The van der Waals surface area contributed by atoms with E-state index in [-0.39, 0.29) is 60.7 Å². The smallest absolute Gasteiger partial charge is 0.435 e. The molecule has 2 aromatic carbocycles. The minimum absolute atomic E-state index is 0.126. The predicted octanol–water partition coefficient (Wildman–Crippen LogP) is 6.18. The van der Waals surface area contributed by atoms with Gasteiger partial charge in [-0.25, -0.2) is 17.2 Å². The summed E-state index contributed by atoms with van der Waals surface area (Å²) in [6, 6.07) is 6.95. The highest BCUT2D eigenvalue weighted by Crippen LogP contribution is 2.57. The number of sulfone groups is 1. The molecule has 240 valence electrons. The Morgan fingerprint density at radius 1 is 0.864 bits per heavy atom. The lowest BCUT2D eigenvalue weighted by Crippen LogP contribution is -2.56. The number of halogens is 8. The number of aryl methyl sites for hydroxylation is 1. The zero-order valence-corrected chi connectivity index (χ0v) is 23.7. The standard InChI is InChI=1S/C29H27F8NO5S/c30-25(12-10-17(11-13-25)23(39)40)24(41)38-15-14-26(44(42,43)20-4-2-1-3-5-20)21-8-7-19(16-18(21)6-9-22(26)38)27(31,28(32,33)34)29(35,36)37/h1-5,7-8,16-17,22H,6,9-15H2,(H,39,40)/t17?,22-,25?,26-/m0/s1.